The summed E-state index contributed by atoms with van der Waals surface area (Å²) in [5.74, 6) is 0.891. The van der Waals surface area contributed by atoms with Crippen LogP contribution >= 0.6 is 31.9 Å². The van der Waals surface area contributed by atoms with Gasteiger partial charge < -0.3 is 9.47 Å². The normalized spacial score (nSPS) is 27.6. The number of benzene rings is 1. The highest BCUT2D eigenvalue weighted by Crippen LogP contribution is 2.36. The monoisotopic (exact) mass is 362 g/mol. The van der Waals surface area contributed by atoms with Crippen LogP contribution in [-0.2, 0) is 4.74 Å². The molecule has 2 nitrogen and oxygen atoms in total. The average molecular weight is 364 g/mol. The first kappa shape index (κ1) is 13.4. The Morgan fingerprint density at radius 3 is 2.76 bits per heavy atom. The fourth-order valence-corrected chi connectivity index (χ4v) is 3.05. The summed E-state index contributed by atoms with van der Waals surface area (Å²) in [6.45, 7) is 2.91. The summed E-state index contributed by atoms with van der Waals surface area (Å²) < 4.78 is 12.7. The Morgan fingerprint density at radius 1 is 1.35 bits per heavy atom. The van der Waals surface area contributed by atoms with Crippen molar-refractivity contribution in [3.63, 3.8) is 0 Å². The number of para-hydroxylation sites is 1. The molecule has 1 aliphatic rings. The topological polar surface area (TPSA) is 18.5 Å². The van der Waals surface area contributed by atoms with Crippen molar-refractivity contribution in [1.82, 2.24) is 0 Å². The van der Waals surface area contributed by atoms with Crippen molar-refractivity contribution in [2.75, 3.05) is 6.61 Å². The molecule has 2 rings (SSSR count). The summed E-state index contributed by atoms with van der Waals surface area (Å²) in [6.07, 6.45) is 2.36. The molecule has 0 aromatic heterocycles. The Labute approximate surface area is 119 Å². The second-order valence-corrected chi connectivity index (χ2v) is 6.20. The maximum absolute atomic E-state index is 5.96. The molecule has 4 heteroatoms. The van der Waals surface area contributed by atoms with Crippen LogP contribution in [0.25, 0.3) is 0 Å². The average Bonchev–Trinajstić information content (AvgIpc) is 2.31. The highest BCUT2D eigenvalue weighted by molar-refractivity contribution is 9.10. The van der Waals surface area contributed by atoms with Gasteiger partial charge >= 0.3 is 0 Å². The number of hydrogen-bond acceptors (Lipinski definition) is 2. The Bertz CT molecular complexity index is 370. The van der Waals surface area contributed by atoms with E-state index in [9.17, 15) is 0 Å². The molecule has 1 aromatic carbocycles. The highest BCUT2D eigenvalue weighted by Gasteiger charge is 2.42. The molecule has 0 spiro atoms. The van der Waals surface area contributed by atoms with Gasteiger partial charge in [-0.1, -0.05) is 35.0 Å². The van der Waals surface area contributed by atoms with E-state index in [1.807, 2.05) is 24.3 Å². The highest BCUT2D eigenvalue weighted by atomic mass is 79.9. The van der Waals surface area contributed by atoms with Gasteiger partial charge in [-0.05, 0) is 34.5 Å². The van der Waals surface area contributed by atoms with E-state index in [4.69, 9.17) is 9.47 Å². The zero-order valence-electron chi connectivity index (χ0n) is 9.74. The smallest absolute Gasteiger partial charge is 0.134 e. The second kappa shape index (κ2) is 6.21. The fourth-order valence-electron chi connectivity index (χ4n) is 1.81. The van der Waals surface area contributed by atoms with Crippen molar-refractivity contribution >= 4 is 31.9 Å². The molecule has 1 aliphatic carbocycles. The molecule has 1 aromatic rings. The zero-order valence-corrected chi connectivity index (χ0v) is 12.9. The number of ether oxygens (including phenoxy) is 2. The number of hydrogen-bond donors (Lipinski definition) is 0. The Balaban J connectivity index is 1.93. The lowest BCUT2D eigenvalue weighted by Gasteiger charge is -2.41. The van der Waals surface area contributed by atoms with Crippen LogP contribution in [0.2, 0.25) is 0 Å². The minimum atomic E-state index is 0.157. The van der Waals surface area contributed by atoms with Gasteiger partial charge in [0.25, 0.3) is 0 Å². The Kier molecular flexibility index (Phi) is 4.88. The van der Waals surface area contributed by atoms with Crippen molar-refractivity contribution in [1.29, 1.82) is 0 Å². The van der Waals surface area contributed by atoms with Gasteiger partial charge in [0, 0.05) is 17.9 Å². The summed E-state index contributed by atoms with van der Waals surface area (Å²) in [5.41, 5.74) is 0. The first-order valence-electron chi connectivity index (χ1n) is 5.89. The Hall–Kier alpha value is -0.0600. The molecule has 0 amide bonds. The molecule has 0 radical (unpaired) electrons. The van der Waals surface area contributed by atoms with E-state index in [0.29, 0.717) is 4.83 Å². The quantitative estimate of drug-likeness (QED) is 0.731. The molecule has 17 heavy (non-hydrogen) atoms. The third-order valence-electron chi connectivity index (χ3n) is 2.81. The number of rotatable bonds is 5. The summed E-state index contributed by atoms with van der Waals surface area (Å²) in [6, 6.07) is 7.92. The predicted molar refractivity (Wildman–Crippen MR) is 75.9 cm³/mol. The van der Waals surface area contributed by atoms with Gasteiger partial charge in [-0.3, -0.25) is 0 Å². The lowest BCUT2D eigenvalue weighted by atomic mass is 9.91. The standard InChI is InChI=1S/C13H16Br2O2/c1-2-7-16-13-10(15)8-12(13)17-11-6-4-3-5-9(11)14/h3-6,10,12-13H,2,7-8H2,1H3. The van der Waals surface area contributed by atoms with Crippen molar-refractivity contribution in [3.8, 4) is 5.75 Å². The molecule has 0 bridgehead atoms. The van der Waals surface area contributed by atoms with Crippen LogP contribution < -0.4 is 4.74 Å². The molecule has 1 fully saturated rings. The van der Waals surface area contributed by atoms with Gasteiger partial charge in [-0.2, -0.15) is 0 Å². The van der Waals surface area contributed by atoms with Crippen LogP contribution in [0, 0.1) is 0 Å². The molecule has 3 atom stereocenters. The van der Waals surface area contributed by atoms with Crippen LogP contribution in [-0.4, -0.2) is 23.6 Å². The SMILES string of the molecule is CCCOC1C(Br)CC1Oc1ccccc1Br. The van der Waals surface area contributed by atoms with Gasteiger partial charge in [0.2, 0.25) is 0 Å². The maximum Gasteiger partial charge on any atom is 0.134 e. The molecular weight excluding hydrogens is 348 g/mol. The van der Waals surface area contributed by atoms with Gasteiger partial charge in [0.15, 0.2) is 0 Å². The van der Waals surface area contributed by atoms with E-state index >= 15 is 0 Å². The third-order valence-corrected chi connectivity index (χ3v) is 4.36. The minimum absolute atomic E-state index is 0.157. The van der Waals surface area contributed by atoms with Crippen LogP contribution in [0.5, 0.6) is 5.75 Å². The van der Waals surface area contributed by atoms with Gasteiger partial charge in [-0.15, -0.1) is 0 Å². The summed E-state index contributed by atoms with van der Waals surface area (Å²) in [7, 11) is 0. The van der Waals surface area contributed by atoms with E-state index in [1.54, 1.807) is 0 Å². The molecule has 0 heterocycles. The van der Waals surface area contributed by atoms with Crippen molar-refractivity contribution in [3.05, 3.63) is 28.7 Å². The van der Waals surface area contributed by atoms with Crippen LogP contribution in [0.4, 0.5) is 0 Å². The van der Waals surface area contributed by atoms with Gasteiger partial charge in [-0.25, -0.2) is 0 Å². The van der Waals surface area contributed by atoms with E-state index in [-0.39, 0.29) is 12.2 Å². The largest absolute Gasteiger partial charge is 0.486 e. The number of alkyl halides is 1. The summed E-state index contributed by atoms with van der Waals surface area (Å²) in [4.78, 5) is 0.418. The number of halogens is 2. The lowest BCUT2D eigenvalue weighted by Crippen LogP contribution is -2.52. The molecule has 0 N–H and O–H groups in total. The molecule has 0 saturated heterocycles. The molecule has 94 valence electrons. The lowest BCUT2D eigenvalue weighted by molar-refractivity contribution is -0.0764. The predicted octanol–water partition coefficient (Wildman–Crippen LogP) is 4.16. The minimum Gasteiger partial charge on any atom is -0.486 e. The molecule has 1 saturated carbocycles. The fraction of sp³-hybridized carbons (Fsp3) is 0.538. The first-order chi connectivity index (χ1) is 8.22. The molecular formula is C13H16Br2O2. The second-order valence-electron chi connectivity index (χ2n) is 4.17. The van der Waals surface area contributed by atoms with Crippen LogP contribution in [0.3, 0.4) is 0 Å². The van der Waals surface area contributed by atoms with E-state index < -0.39 is 0 Å². The Morgan fingerprint density at radius 2 is 2.12 bits per heavy atom. The summed E-state index contributed by atoms with van der Waals surface area (Å²) in [5, 5.41) is 0. The van der Waals surface area contributed by atoms with E-state index in [1.165, 1.54) is 0 Å². The molecule has 0 aliphatic heterocycles. The third kappa shape index (κ3) is 3.24. The van der Waals surface area contributed by atoms with E-state index in [0.717, 1.165) is 29.7 Å². The van der Waals surface area contributed by atoms with Crippen molar-refractivity contribution < 1.29 is 9.47 Å². The summed E-state index contributed by atoms with van der Waals surface area (Å²) >= 11 is 7.10. The van der Waals surface area contributed by atoms with Crippen molar-refractivity contribution in [2.24, 2.45) is 0 Å². The zero-order chi connectivity index (χ0) is 12.3. The molecule has 3 unspecified atom stereocenters. The van der Waals surface area contributed by atoms with Gasteiger partial charge in [0.05, 0.1) is 4.47 Å². The maximum atomic E-state index is 5.96. The van der Waals surface area contributed by atoms with Crippen LogP contribution in [0.1, 0.15) is 19.8 Å². The van der Waals surface area contributed by atoms with E-state index in [2.05, 4.69) is 38.8 Å². The van der Waals surface area contributed by atoms with Crippen LogP contribution in [0.15, 0.2) is 28.7 Å². The van der Waals surface area contributed by atoms with Crippen molar-refractivity contribution in [2.45, 2.75) is 36.8 Å². The first-order valence-corrected chi connectivity index (χ1v) is 7.60. The van der Waals surface area contributed by atoms with Gasteiger partial charge in [0.1, 0.15) is 18.0 Å².